The van der Waals surface area contributed by atoms with E-state index in [1.54, 1.807) is 0 Å². The van der Waals surface area contributed by atoms with Gasteiger partial charge in [-0.3, -0.25) is 9.11 Å². The molecule has 0 unspecified atom stereocenters. The zero-order valence-corrected chi connectivity index (χ0v) is 5.06. The first kappa shape index (κ1) is 15.8. The van der Waals surface area contributed by atoms with E-state index < -0.39 is 10.4 Å². The zero-order chi connectivity index (χ0) is 4.50. The summed E-state index contributed by atoms with van der Waals surface area (Å²) in [4.78, 5) is 0. The SMILES string of the molecule is Br.O=S(=O)(O)O.[NaH]. The standard InChI is InChI=1S/BrH.Na.H2O4S.H/c;;1-5(2,3)4;/h1H;;(H2,1,2,3,4);. The summed E-state index contributed by atoms with van der Waals surface area (Å²) >= 11 is 0. The van der Waals surface area contributed by atoms with Crippen molar-refractivity contribution in [2.45, 2.75) is 0 Å². The van der Waals surface area contributed by atoms with Gasteiger partial charge < -0.3 is 0 Å². The molecule has 0 fully saturated rings. The van der Waals surface area contributed by atoms with Crippen LogP contribution in [0.1, 0.15) is 0 Å². The first-order chi connectivity index (χ1) is 2.00. The second-order valence-electron chi connectivity index (χ2n) is 0.448. The molecule has 0 aliphatic rings. The zero-order valence-electron chi connectivity index (χ0n) is 2.53. The second-order valence-corrected chi connectivity index (χ2v) is 1.34. The molecular weight excluding hydrogens is 199 g/mol. The molecule has 0 atom stereocenters. The Labute approximate surface area is 73.9 Å². The van der Waals surface area contributed by atoms with Crippen molar-refractivity contribution in [1.29, 1.82) is 0 Å². The van der Waals surface area contributed by atoms with Gasteiger partial charge in [-0.2, -0.15) is 8.42 Å². The minimum absolute atomic E-state index is 0. The first-order valence-electron chi connectivity index (χ1n) is 0.698. The second kappa shape index (κ2) is 5.49. The molecule has 0 saturated heterocycles. The van der Waals surface area contributed by atoms with Crippen LogP contribution in [0, 0.1) is 0 Å². The van der Waals surface area contributed by atoms with Crippen LogP contribution in [0.15, 0.2) is 0 Å². The van der Waals surface area contributed by atoms with Crippen molar-refractivity contribution in [3.63, 3.8) is 0 Å². The van der Waals surface area contributed by atoms with Crippen LogP contribution in [0.5, 0.6) is 0 Å². The predicted octanol–water partition coefficient (Wildman–Crippen LogP) is -0.723. The normalized spacial score (nSPS) is 8.29. The monoisotopic (exact) mass is 202 g/mol. The van der Waals surface area contributed by atoms with E-state index in [-0.39, 0.29) is 46.5 Å². The molecule has 2 N–H and O–H groups in total. The molecule has 42 valence electrons. The van der Waals surface area contributed by atoms with Crippen LogP contribution in [0.2, 0.25) is 0 Å². The molecule has 0 rings (SSSR count). The van der Waals surface area contributed by atoms with Gasteiger partial charge in [0.15, 0.2) is 0 Å². The van der Waals surface area contributed by atoms with Gasteiger partial charge in [0.05, 0.1) is 0 Å². The molecule has 0 aliphatic carbocycles. The van der Waals surface area contributed by atoms with Crippen molar-refractivity contribution in [3.8, 4) is 0 Å². The van der Waals surface area contributed by atoms with Gasteiger partial charge in [-0.1, -0.05) is 0 Å². The maximum absolute atomic E-state index is 8.74. The Morgan fingerprint density at radius 3 is 1.14 bits per heavy atom. The van der Waals surface area contributed by atoms with Crippen LogP contribution >= 0.6 is 17.0 Å². The van der Waals surface area contributed by atoms with E-state index in [0.717, 1.165) is 0 Å². The van der Waals surface area contributed by atoms with Crippen molar-refractivity contribution in [2.75, 3.05) is 0 Å². The summed E-state index contributed by atoms with van der Waals surface area (Å²) in [6, 6.07) is 0. The molecule has 0 aromatic carbocycles. The van der Waals surface area contributed by atoms with Crippen LogP contribution < -0.4 is 0 Å². The number of hydrogen-bond acceptors (Lipinski definition) is 2. The molecule has 0 radical (unpaired) electrons. The van der Waals surface area contributed by atoms with E-state index >= 15 is 0 Å². The summed E-state index contributed by atoms with van der Waals surface area (Å²) in [5.41, 5.74) is 0. The van der Waals surface area contributed by atoms with Gasteiger partial charge in [-0.15, -0.1) is 17.0 Å². The third kappa shape index (κ3) is 115. The molecule has 0 aromatic rings. The van der Waals surface area contributed by atoms with Gasteiger partial charge in [0, 0.05) is 0 Å². The van der Waals surface area contributed by atoms with E-state index in [0.29, 0.717) is 0 Å². The van der Waals surface area contributed by atoms with Gasteiger partial charge in [-0.05, 0) is 0 Å². The molecule has 0 saturated carbocycles. The summed E-state index contributed by atoms with van der Waals surface area (Å²) in [6.45, 7) is 0. The molecule has 0 spiro atoms. The molecule has 4 nitrogen and oxygen atoms in total. The van der Waals surface area contributed by atoms with E-state index in [4.69, 9.17) is 17.5 Å². The Bertz CT molecular complexity index is 94.9. The van der Waals surface area contributed by atoms with Crippen LogP contribution in [0.3, 0.4) is 0 Å². The first-order valence-corrected chi connectivity index (χ1v) is 2.10. The number of rotatable bonds is 0. The van der Waals surface area contributed by atoms with Crippen molar-refractivity contribution >= 4 is 56.9 Å². The topological polar surface area (TPSA) is 74.6 Å². The van der Waals surface area contributed by atoms with Gasteiger partial charge in [0.1, 0.15) is 0 Å². The van der Waals surface area contributed by atoms with Crippen molar-refractivity contribution in [2.24, 2.45) is 0 Å². The number of halogens is 1. The molecule has 0 aromatic heterocycles. The fraction of sp³-hybridized carbons (Fsp3) is 0. The Morgan fingerprint density at radius 2 is 1.14 bits per heavy atom. The summed E-state index contributed by atoms with van der Waals surface area (Å²) < 4.78 is 31.6. The minimum atomic E-state index is -4.67. The Balaban J connectivity index is -0.0000000800. The van der Waals surface area contributed by atoms with Crippen molar-refractivity contribution in [1.82, 2.24) is 0 Å². The predicted molar refractivity (Wildman–Crippen MR) is 31.6 cm³/mol. The van der Waals surface area contributed by atoms with E-state index in [1.165, 1.54) is 0 Å². The fourth-order valence-electron chi connectivity index (χ4n) is 0. The van der Waals surface area contributed by atoms with Crippen molar-refractivity contribution < 1.29 is 17.5 Å². The third-order valence-corrected chi connectivity index (χ3v) is 0. The Kier molecular flexibility index (Phi) is 12.4. The summed E-state index contributed by atoms with van der Waals surface area (Å²) in [5.74, 6) is 0. The fourth-order valence-corrected chi connectivity index (χ4v) is 0. The molecule has 7 heavy (non-hydrogen) atoms. The molecule has 0 bridgehead atoms. The molecule has 0 amide bonds. The van der Waals surface area contributed by atoms with Gasteiger partial charge in [-0.25, -0.2) is 0 Å². The van der Waals surface area contributed by atoms with Crippen LogP contribution in [0.25, 0.3) is 0 Å². The summed E-state index contributed by atoms with van der Waals surface area (Å²) in [6.07, 6.45) is 0. The molecule has 7 heteroatoms. The van der Waals surface area contributed by atoms with Gasteiger partial charge in [0.25, 0.3) is 0 Å². The van der Waals surface area contributed by atoms with Gasteiger partial charge in [0.2, 0.25) is 0 Å². The van der Waals surface area contributed by atoms with Crippen LogP contribution in [-0.2, 0) is 10.4 Å². The van der Waals surface area contributed by atoms with Crippen molar-refractivity contribution in [3.05, 3.63) is 0 Å². The maximum atomic E-state index is 8.74. The molecule has 0 aliphatic heterocycles. The summed E-state index contributed by atoms with van der Waals surface area (Å²) in [5, 5.41) is 0. The quantitative estimate of drug-likeness (QED) is 0.402. The summed E-state index contributed by atoms with van der Waals surface area (Å²) in [7, 11) is -4.67. The Hall–Kier alpha value is 1.35. The average Bonchev–Trinajstić information content (AvgIpc) is 0.722. The van der Waals surface area contributed by atoms with E-state index in [9.17, 15) is 0 Å². The van der Waals surface area contributed by atoms with Crippen LogP contribution in [0.4, 0.5) is 0 Å². The number of hydrogen-bond donors (Lipinski definition) is 2. The van der Waals surface area contributed by atoms with E-state index in [1.807, 2.05) is 0 Å². The van der Waals surface area contributed by atoms with E-state index in [2.05, 4.69) is 0 Å². The molecule has 0 heterocycles. The third-order valence-electron chi connectivity index (χ3n) is 0. The van der Waals surface area contributed by atoms with Gasteiger partial charge >= 0.3 is 40.0 Å². The Morgan fingerprint density at radius 1 is 1.14 bits per heavy atom. The molecular formula is H4BrNaO4S. The average molecular weight is 203 g/mol. The van der Waals surface area contributed by atoms with Crippen LogP contribution in [-0.4, -0.2) is 47.1 Å².